The third-order valence-electron chi connectivity index (χ3n) is 3.04. The first-order valence-electron chi connectivity index (χ1n) is 5.33. The molecule has 0 fully saturated rings. The fourth-order valence-corrected chi connectivity index (χ4v) is 1.31. The number of imidazole rings is 1. The Morgan fingerprint density at radius 3 is 2.53 bits per heavy atom. The number of ketones is 1. The largest absolute Gasteiger partial charge is 0.332 e. The lowest BCUT2D eigenvalue weighted by atomic mass is 9.79. The second kappa shape index (κ2) is 4.17. The number of nitrogens with zero attached hydrogens (tertiary/aromatic N) is 2. The molecule has 1 unspecified atom stereocenters. The maximum Gasteiger partial charge on any atom is 0.198 e. The van der Waals surface area contributed by atoms with E-state index in [1.165, 1.54) is 0 Å². The van der Waals surface area contributed by atoms with Gasteiger partial charge < -0.3 is 4.57 Å². The van der Waals surface area contributed by atoms with E-state index in [1.54, 1.807) is 17.0 Å². The Hall–Kier alpha value is -1.12. The van der Waals surface area contributed by atoms with Gasteiger partial charge in [-0.3, -0.25) is 4.79 Å². The third-order valence-corrected chi connectivity index (χ3v) is 3.04. The summed E-state index contributed by atoms with van der Waals surface area (Å²) in [5, 5.41) is 0. The van der Waals surface area contributed by atoms with Crippen LogP contribution in [0.1, 0.15) is 44.7 Å². The molecule has 1 heterocycles. The highest BCUT2D eigenvalue weighted by Crippen LogP contribution is 2.28. The molecule has 0 N–H and O–H groups in total. The van der Waals surface area contributed by atoms with Crippen molar-refractivity contribution in [2.75, 3.05) is 0 Å². The van der Waals surface area contributed by atoms with Crippen LogP contribution in [-0.4, -0.2) is 15.3 Å². The highest BCUT2D eigenvalue weighted by molar-refractivity contribution is 5.92. The van der Waals surface area contributed by atoms with Crippen molar-refractivity contribution in [2.24, 2.45) is 18.4 Å². The zero-order valence-electron chi connectivity index (χ0n) is 10.2. The second-order valence-electron chi connectivity index (χ2n) is 5.26. The Bertz CT molecular complexity index is 347. The van der Waals surface area contributed by atoms with E-state index in [2.05, 4.69) is 32.7 Å². The molecule has 0 amide bonds. The number of carbonyl (C=O) groups is 1. The van der Waals surface area contributed by atoms with Crippen LogP contribution in [0.15, 0.2) is 12.4 Å². The van der Waals surface area contributed by atoms with Crippen LogP contribution in [0.2, 0.25) is 0 Å². The van der Waals surface area contributed by atoms with Crippen molar-refractivity contribution in [3.05, 3.63) is 18.2 Å². The van der Waals surface area contributed by atoms with Crippen molar-refractivity contribution in [2.45, 2.75) is 34.1 Å². The van der Waals surface area contributed by atoms with E-state index in [0.717, 1.165) is 0 Å². The van der Waals surface area contributed by atoms with E-state index in [0.29, 0.717) is 18.2 Å². The topological polar surface area (TPSA) is 34.9 Å². The number of aryl methyl sites for hydroxylation is 1. The van der Waals surface area contributed by atoms with Gasteiger partial charge in [0.1, 0.15) is 0 Å². The first-order valence-corrected chi connectivity index (χ1v) is 5.33. The van der Waals surface area contributed by atoms with Crippen molar-refractivity contribution in [1.82, 2.24) is 9.55 Å². The molecule has 15 heavy (non-hydrogen) atoms. The lowest BCUT2D eigenvalue weighted by Gasteiger charge is -2.26. The van der Waals surface area contributed by atoms with E-state index in [1.807, 2.05) is 7.05 Å². The van der Waals surface area contributed by atoms with Gasteiger partial charge in [-0.1, -0.05) is 27.7 Å². The number of carbonyl (C=O) groups excluding carboxylic acids is 1. The van der Waals surface area contributed by atoms with Gasteiger partial charge in [-0.2, -0.15) is 0 Å². The summed E-state index contributed by atoms with van der Waals surface area (Å²) in [6.45, 7) is 8.58. The zero-order chi connectivity index (χ0) is 11.6. The average molecular weight is 208 g/mol. The lowest BCUT2D eigenvalue weighted by Crippen LogP contribution is -2.21. The normalized spacial score (nSPS) is 13.9. The Kier molecular flexibility index (Phi) is 3.32. The SMILES string of the molecule is CC(CC(=O)c1nccn1C)C(C)(C)C. The molecule has 0 radical (unpaired) electrons. The molecule has 3 heteroatoms. The molecule has 1 rings (SSSR count). The van der Waals surface area contributed by atoms with Crippen LogP contribution in [0.25, 0.3) is 0 Å². The Morgan fingerprint density at radius 2 is 2.13 bits per heavy atom. The summed E-state index contributed by atoms with van der Waals surface area (Å²) >= 11 is 0. The van der Waals surface area contributed by atoms with Crippen LogP contribution in [0, 0.1) is 11.3 Å². The first kappa shape index (κ1) is 12.0. The summed E-state index contributed by atoms with van der Waals surface area (Å²) in [5.74, 6) is 1.05. The Balaban J connectivity index is 2.69. The van der Waals surface area contributed by atoms with Crippen molar-refractivity contribution >= 4 is 5.78 Å². The van der Waals surface area contributed by atoms with Crippen molar-refractivity contribution in [3.63, 3.8) is 0 Å². The van der Waals surface area contributed by atoms with Gasteiger partial charge in [0.05, 0.1) is 0 Å². The molecule has 84 valence electrons. The van der Waals surface area contributed by atoms with Crippen molar-refractivity contribution in [3.8, 4) is 0 Å². The molecule has 0 saturated heterocycles. The third kappa shape index (κ3) is 2.91. The smallest absolute Gasteiger partial charge is 0.198 e. The molecule has 0 bridgehead atoms. The standard InChI is InChI=1S/C12H20N2O/c1-9(12(2,3)4)8-10(15)11-13-6-7-14(11)5/h6-7,9H,8H2,1-5H3. The van der Waals surface area contributed by atoms with Gasteiger partial charge in [-0.25, -0.2) is 4.98 Å². The zero-order valence-corrected chi connectivity index (χ0v) is 10.2. The van der Waals surface area contributed by atoms with Crippen LogP contribution >= 0.6 is 0 Å². The second-order valence-corrected chi connectivity index (χ2v) is 5.26. The van der Waals surface area contributed by atoms with Crippen LogP contribution in [0.5, 0.6) is 0 Å². The fraction of sp³-hybridized carbons (Fsp3) is 0.667. The molecule has 3 nitrogen and oxygen atoms in total. The minimum atomic E-state index is 0.130. The molecule has 0 aromatic carbocycles. The van der Waals surface area contributed by atoms with E-state index >= 15 is 0 Å². The molecule has 0 aliphatic heterocycles. The van der Waals surface area contributed by atoms with Crippen molar-refractivity contribution < 1.29 is 4.79 Å². The Morgan fingerprint density at radius 1 is 1.53 bits per heavy atom. The predicted octanol–water partition coefficient (Wildman–Crippen LogP) is 2.68. The summed E-state index contributed by atoms with van der Waals surface area (Å²) in [6.07, 6.45) is 4.03. The summed E-state index contributed by atoms with van der Waals surface area (Å²) in [6, 6.07) is 0. The van der Waals surface area contributed by atoms with Crippen LogP contribution in [0.4, 0.5) is 0 Å². The van der Waals surface area contributed by atoms with Gasteiger partial charge in [0.2, 0.25) is 0 Å². The fourth-order valence-electron chi connectivity index (χ4n) is 1.31. The molecular formula is C12H20N2O. The molecule has 0 saturated carbocycles. The number of aromatic nitrogens is 2. The van der Waals surface area contributed by atoms with E-state index in [-0.39, 0.29) is 11.2 Å². The number of rotatable bonds is 3. The summed E-state index contributed by atoms with van der Waals surface area (Å²) in [7, 11) is 1.85. The van der Waals surface area contributed by atoms with Gasteiger partial charge in [0.15, 0.2) is 11.6 Å². The van der Waals surface area contributed by atoms with E-state index in [4.69, 9.17) is 0 Å². The van der Waals surface area contributed by atoms with Crippen LogP contribution < -0.4 is 0 Å². The van der Waals surface area contributed by atoms with Gasteiger partial charge >= 0.3 is 0 Å². The van der Waals surface area contributed by atoms with Gasteiger partial charge in [-0.05, 0) is 11.3 Å². The van der Waals surface area contributed by atoms with Gasteiger partial charge in [0.25, 0.3) is 0 Å². The minimum absolute atomic E-state index is 0.130. The summed E-state index contributed by atoms with van der Waals surface area (Å²) in [4.78, 5) is 16.0. The molecule has 0 spiro atoms. The van der Waals surface area contributed by atoms with Crippen LogP contribution in [0.3, 0.4) is 0 Å². The number of hydrogen-bond acceptors (Lipinski definition) is 2. The molecule has 1 aromatic rings. The molecule has 0 aliphatic carbocycles. The van der Waals surface area contributed by atoms with Gasteiger partial charge in [0, 0.05) is 25.9 Å². The average Bonchev–Trinajstić information content (AvgIpc) is 2.49. The molecule has 1 atom stereocenters. The monoisotopic (exact) mass is 208 g/mol. The quantitative estimate of drug-likeness (QED) is 0.716. The highest BCUT2D eigenvalue weighted by atomic mass is 16.1. The molecule has 1 aromatic heterocycles. The number of hydrogen-bond donors (Lipinski definition) is 0. The number of Topliss-reactive ketones (excluding diaryl/α,β-unsaturated/α-hetero) is 1. The van der Waals surface area contributed by atoms with Crippen molar-refractivity contribution in [1.29, 1.82) is 0 Å². The first-order chi connectivity index (χ1) is 6.82. The Labute approximate surface area is 91.5 Å². The van der Waals surface area contributed by atoms with Gasteiger partial charge in [-0.15, -0.1) is 0 Å². The maximum absolute atomic E-state index is 11.9. The minimum Gasteiger partial charge on any atom is -0.332 e. The maximum atomic E-state index is 11.9. The molecule has 0 aliphatic rings. The van der Waals surface area contributed by atoms with E-state index in [9.17, 15) is 4.79 Å². The summed E-state index contributed by atoms with van der Waals surface area (Å²) < 4.78 is 1.78. The highest BCUT2D eigenvalue weighted by Gasteiger charge is 2.24. The van der Waals surface area contributed by atoms with Crippen LogP contribution in [-0.2, 0) is 7.05 Å². The van der Waals surface area contributed by atoms with E-state index < -0.39 is 0 Å². The molecular weight excluding hydrogens is 188 g/mol. The predicted molar refractivity (Wildman–Crippen MR) is 60.8 cm³/mol. The summed E-state index contributed by atoms with van der Waals surface area (Å²) in [5.41, 5.74) is 0.167. The lowest BCUT2D eigenvalue weighted by molar-refractivity contribution is 0.0914.